The van der Waals surface area contributed by atoms with Gasteiger partial charge in [-0.1, -0.05) is 24.3 Å². The lowest BCUT2D eigenvalue weighted by Gasteiger charge is -2.15. The highest BCUT2D eigenvalue weighted by molar-refractivity contribution is 5.93. The van der Waals surface area contributed by atoms with E-state index in [0.29, 0.717) is 0 Å². The maximum absolute atomic E-state index is 13.5. The Labute approximate surface area is 147 Å². The number of hydrogen-bond donors (Lipinski definition) is 2. The molecule has 0 radical (unpaired) electrons. The van der Waals surface area contributed by atoms with Crippen LogP contribution in [0.2, 0.25) is 0 Å². The van der Waals surface area contributed by atoms with E-state index in [0.717, 1.165) is 6.07 Å². The number of alkyl halides is 3. The molecule has 0 bridgehead atoms. The van der Waals surface area contributed by atoms with Gasteiger partial charge in [0.25, 0.3) is 0 Å². The number of guanidine groups is 1. The first kappa shape index (κ1) is 19.4. The van der Waals surface area contributed by atoms with Gasteiger partial charge in [-0.25, -0.2) is 9.38 Å². The summed E-state index contributed by atoms with van der Waals surface area (Å²) in [5.41, 5.74) is 5.69. The Bertz CT molecular complexity index is 766. The molecule has 26 heavy (non-hydrogen) atoms. The monoisotopic (exact) mass is 371 g/mol. The van der Waals surface area contributed by atoms with Gasteiger partial charge in [-0.05, 0) is 31.2 Å². The summed E-state index contributed by atoms with van der Waals surface area (Å²) in [4.78, 5) is 3.98. The number of benzene rings is 2. The van der Waals surface area contributed by atoms with Crippen molar-refractivity contribution in [1.82, 2.24) is 0 Å². The fraction of sp³-hybridized carbons (Fsp3) is 0.235. The maximum atomic E-state index is 13.5. The van der Waals surface area contributed by atoms with Gasteiger partial charge in [0.2, 0.25) is 0 Å². The number of nitrogens with zero attached hydrogens (tertiary/aromatic N) is 1. The summed E-state index contributed by atoms with van der Waals surface area (Å²) in [5, 5.41) is 2.54. The highest BCUT2D eigenvalue weighted by Gasteiger charge is 2.32. The van der Waals surface area contributed by atoms with Crippen LogP contribution < -0.4 is 20.5 Å². The summed E-state index contributed by atoms with van der Waals surface area (Å²) in [6, 6.07) is 11.3. The quantitative estimate of drug-likeness (QED) is 0.459. The van der Waals surface area contributed by atoms with Crippen molar-refractivity contribution < 1.29 is 27.0 Å². The molecule has 0 saturated carbocycles. The fourth-order valence-corrected chi connectivity index (χ4v) is 1.98. The maximum Gasteiger partial charge on any atom is 0.573 e. The number of nitrogens with two attached hydrogens (primary N) is 1. The van der Waals surface area contributed by atoms with Gasteiger partial charge in [0.15, 0.2) is 23.3 Å². The zero-order valence-electron chi connectivity index (χ0n) is 13.8. The van der Waals surface area contributed by atoms with E-state index in [2.05, 4.69) is 15.0 Å². The zero-order chi connectivity index (χ0) is 19.2. The summed E-state index contributed by atoms with van der Waals surface area (Å²) in [6.07, 6.45) is -5.33. The minimum atomic E-state index is -4.83. The highest BCUT2D eigenvalue weighted by Crippen LogP contribution is 2.29. The van der Waals surface area contributed by atoms with Crippen molar-refractivity contribution in [2.75, 3.05) is 11.9 Å². The molecule has 5 nitrogen and oxygen atoms in total. The van der Waals surface area contributed by atoms with Crippen LogP contribution in [-0.2, 0) is 0 Å². The van der Waals surface area contributed by atoms with Crippen LogP contribution >= 0.6 is 0 Å². The predicted octanol–water partition coefficient (Wildman–Crippen LogP) is 3.92. The molecule has 9 heteroatoms. The first-order valence-corrected chi connectivity index (χ1v) is 7.57. The molecule has 0 aromatic heterocycles. The SMILES string of the molecule is CC(CN=C(N)Nc1ccccc1OC(F)(F)F)Oc1ccccc1F. The van der Waals surface area contributed by atoms with Crippen LogP contribution in [0.4, 0.5) is 23.2 Å². The summed E-state index contributed by atoms with van der Waals surface area (Å²) in [7, 11) is 0. The smallest absolute Gasteiger partial charge is 0.486 e. The number of ether oxygens (including phenoxy) is 2. The minimum absolute atomic E-state index is 0.00810. The summed E-state index contributed by atoms with van der Waals surface area (Å²) < 4.78 is 60.0. The molecule has 0 saturated heterocycles. The van der Waals surface area contributed by atoms with Crippen LogP contribution in [0.25, 0.3) is 0 Å². The van der Waals surface area contributed by atoms with Crippen LogP contribution in [0.15, 0.2) is 53.5 Å². The predicted molar refractivity (Wildman–Crippen MR) is 89.7 cm³/mol. The lowest BCUT2D eigenvalue weighted by molar-refractivity contribution is -0.274. The number of hydrogen-bond acceptors (Lipinski definition) is 3. The van der Waals surface area contributed by atoms with E-state index in [-0.39, 0.29) is 23.9 Å². The highest BCUT2D eigenvalue weighted by atomic mass is 19.4. The molecule has 1 unspecified atom stereocenters. The Balaban J connectivity index is 1.97. The van der Waals surface area contributed by atoms with E-state index in [1.807, 2.05) is 0 Å². The number of nitrogens with one attached hydrogen (secondary N) is 1. The van der Waals surface area contributed by atoms with Gasteiger partial charge in [-0.2, -0.15) is 0 Å². The van der Waals surface area contributed by atoms with Crippen molar-refractivity contribution in [1.29, 1.82) is 0 Å². The average Bonchev–Trinajstić information content (AvgIpc) is 2.56. The lowest BCUT2D eigenvalue weighted by Crippen LogP contribution is -2.26. The van der Waals surface area contributed by atoms with Crippen LogP contribution in [0.3, 0.4) is 0 Å². The molecule has 0 amide bonds. The van der Waals surface area contributed by atoms with Crippen molar-refractivity contribution in [3.63, 3.8) is 0 Å². The number of aliphatic imine (C=N–C) groups is 1. The minimum Gasteiger partial charge on any atom is -0.486 e. The standard InChI is InChI=1S/C17H17F4N3O2/c1-11(25-14-8-4-2-6-12(14)18)10-23-16(22)24-13-7-3-5-9-15(13)26-17(19,20)21/h2-9,11H,10H2,1H3,(H3,22,23,24). The van der Waals surface area contributed by atoms with Gasteiger partial charge >= 0.3 is 6.36 Å². The largest absolute Gasteiger partial charge is 0.573 e. The average molecular weight is 371 g/mol. The zero-order valence-corrected chi connectivity index (χ0v) is 13.8. The summed E-state index contributed by atoms with van der Waals surface area (Å²) >= 11 is 0. The lowest BCUT2D eigenvalue weighted by atomic mass is 10.3. The topological polar surface area (TPSA) is 68.9 Å². The molecule has 2 aromatic carbocycles. The van der Waals surface area contributed by atoms with E-state index in [1.165, 1.54) is 36.4 Å². The van der Waals surface area contributed by atoms with Crippen molar-refractivity contribution >= 4 is 11.6 Å². The molecule has 0 aliphatic rings. The Morgan fingerprint density at radius 3 is 2.38 bits per heavy atom. The summed E-state index contributed by atoms with van der Waals surface area (Å²) in [6.45, 7) is 1.72. The number of rotatable bonds is 6. The van der Waals surface area contributed by atoms with Gasteiger partial charge < -0.3 is 20.5 Å². The molecule has 2 aromatic rings. The van der Waals surface area contributed by atoms with Crippen LogP contribution in [0.5, 0.6) is 11.5 Å². The van der Waals surface area contributed by atoms with E-state index in [4.69, 9.17) is 10.5 Å². The second-order valence-corrected chi connectivity index (χ2v) is 5.25. The fourth-order valence-electron chi connectivity index (χ4n) is 1.98. The molecule has 0 aliphatic heterocycles. The molecule has 1 atom stereocenters. The Morgan fingerprint density at radius 2 is 1.73 bits per heavy atom. The van der Waals surface area contributed by atoms with Gasteiger partial charge in [0, 0.05) is 0 Å². The normalized spacial score (nSPS) is 13.2. The van der Waals surface area contributed by atoms with Gasteiger partial charge in [0.05, 0.1) is 12.2 Å². The summed E-state index contributed by atoms with van der Waals surface area (Å²) in [5.74, 6) is -1.00. The number of halogens is 4. The van der Waals surface area contributed by atoms with Gasteiger partial charge in [-0.15, -0.1) is 13.2 Å². The van der Waals surface area contributed by atoms with E-state index in [9.17, 15) is 17.6 Å². The first-order valence-electron chi connectivity index (χ1n) is 7.57. The van der Waals surface area contributed by atoms with Crippen molar-refractivity contribution in [3.8, 4) is 11.5 Å². The van der Waals surface area contributed by atoms with E-state index in [1.54, 1.807) is 13.0 Å². The third-order valence-corrected chi connectivity index (χ3v) is 3.06. The van der Waals surface area contributed by atoms with Crippen LogP contribution in [0.1, 0.15) is 6.92 Å². The van der Waals surface area contributed by atoms with Crippen molar-refractivity contribution in [3.05, 3.63) is 54.3 Å². The Kier molecular flexibility index (Phi) is 6.26. The van der Waals surface area contributed by atoms with Gasteiger partial charge in [-0.3, -0.25) is 0 Å². The third kappa shape index (κ3) is 6.15. The molecular formula is C17H17F4N3O2. The second-order valence-electron chi connectivity index (χ2n) is 5.25. The molecule has 0 aliphatic carbocycles. The molecule has 3 N–H and O–H groups in total. The molecule has 2 rings (SSSR count). The molecule has 0 fully saturated rings. The Morgan fingerprint density at radius 1 is 1.12 bits per heavy atom. The van der Waals surface area contributed by atoms with Crippen LogP contribution in [0, 0.1) is 5.82 Å². The Hall–Kier alpha value is -2.97. The van der Waals surface area contributed by atoms with Crippen LogP contribution in [-0.4, -0.2) is 25.0 Å². The first-order chi connectivity index (χ1) is 12.2. The molecule has 140 valence electrons. The number of anilines is 1. The van der Waals surface area contributed by atoms with Crippen molar-refractivity contribution in [2.24, 2.45) is 10.7 Å². The van der Waals surface area contributed by atoms with Crippen molar-refractivity contribution in [2.45, 2.75) is 19.4 Å². The van der Waals surface area contributed by atoms with E-state index >= 15 is 0 Å². The molecular weight excluding hydrogens is 354 g/mol. The molecule has 0 spiro atoms. The second kappa shape index (κ2) is 8.41. The number of para-hydroxylation sites is 3. The third-order valence-electron chi connectivity index (χ3n) is 3.06. The van der Waals surface area contributed by atoms with E-state index < -0.39 is 24.0 Å². The molecule has 0 heterocycles. The van der Waals surface area contributed by atoms with Gasteiger partial charge in [0.1, 0.15) is 6.10 Å².